The SMILES string of the molecule is CN(C)C(=O)CCOc1ccc(Br)cc1CCN. The Morgan fingerprint density at radius 3 is 2.78 bits per heavy atom. The van der Waals surface area contributed by atoms with Crippen molar-refractivity contribution >= 4 is 21.8 Å². The monoisotopic (exact) mass is 314 g/mol. The Morgan fingerprint density at radius 1 is 1.44 bits per heavy atom. The fourth-order valence-electron chi connectivity index (χ4n) is 1.51. The fourth-order valence-corrected chi connectivity index (χ4v) is 1.92. The number of hydrogen-bond donors (Lipinski definition) is 1. The number of halogens is 1. The standard InChI is InChI=1S/C13H19BrN2O2/c1-16(2)13(17)6-8-18-12-4-3-11(14)9-10(12)5-7-15/h3-4,9H,5-8,15H2,1-2H3. The van der Waals surface area contributed by atoms with Crippen molar-refractivity contribution in [3.63, 3.8) is 0 Å². The van der Waals surface area contributed by atoms with Crippen molar-refractivity contribution in [2.45, 2.75) is 12.8 Å². The molecule has 0 aliphatic heterocycles. The number of nitrogens with two attached hydrogens (primary N) is 1. The molecule has 0 unspecified atom stereocenters. The fraction of sp³-hybridized carbons (Fsp3) is 0.462. The molecule has 0 heterocycles. The van der Waals surface area contributed by atoms with E-state index >= 15 is 0 Å². The Labute approximate surface area is 116 Å². The van der Waals surface area contributed by atoms with Gasteiger partial charge in [0, 0.05) is 18.6 Å². The number of carbonyl (C=O) groups excluding carboxylic acids is 1. The minimum Gasteiger partial charge on any atom is -0.493 e. The van der Waals surface area contributed by atoms with Gasteiger partial charge in [0.05, 0.1) is 13.0 Å². The third kappa shape index (κ3) is 4.66. The number of carbonyl (C=O) groups is 1. The molecular formula is C13H19BrN2O2. The second kappa shape index (κ2) is 7.38. The van der Waals surface area contributed by atoms with Crippen LogP contribution in [0.25, 0.3) is 0 Å². The van der Waals surface area contributed by atoms with Crippen LogP contribution in [0.2, 0.25) is 0 Å². The lowest BCUT2D eigenvalue weighted by Crippen LogP contribution is -2.23. The van der Waals surface area contributed by atoms with Gasteiger partial charge in [0.15, 0.2) is 0 Å². The van der Waals surface area contributed by atoms with E-state index in [1.807, 2.05) is 18.2 Å². The summed E-state index contributed by atoms with van der Waals surface area (Å²) in [6, 6.07) is 5.81. The van der Waals surface area contributed by atoms with Crippen LogP contribution in [0.5, 0.6) is 5.75 Å². The van der Waals surface area contributed by atoms with Crippen LogP contribution < -0.4 is 10.5 Å². The zero-order chi connectivity index (χ0) is 13.5. The topological polar surface area (TPSA) is 55.6 Å². The summed E-state index contributed by atoms with van der Waals surface area (Å²) in [6.07, 6.45) is 1.14. The quantitative estimate of drug-likeness (QED) is 0.871. The highest BCUT2D eigenvalue weighted by Crippen LogP contribution is 2.23. The van der Waals surface area contributed by atoms with Crippen LogP contribution in [0.4, 0.5) is 0 Å². The first-order chi connectivity index (χ1) is 8.54. The smallest absolute Gasteiger partial charge is 0.225 e. The Balaban J connectivity index is 2.58. The summed E-state index contributed by atoms with van der Waals surface area (Å²) < 4.78 is 6.64. The minimum absolute atomic E-state index is 0.0625. The molecule has 0 bridgehead atoms. The van der Waals surface area contributed by atoms with Gasteiger partial charge in [-0.2, -0.15) is 0 Å². The van der Waals surface area contributed by atoms with Gasteiger partial charge >= 0.3 is 0 Å². The average molecular weight is 315 g/mol. The molecule has 0 spiro atoms. The minimum atomic E-state index is 0.0625. The van der Waals surface area contributed by atoms with E-state index in [1.54, 1.807) is 19.0 Å². The average Bonchev–Trinajstić information content (AvgIpc) is 2.32. The molecule has 0 aliphatic carbocycles. The van der Waals surface area contributed by atoms with Crippen LogP contribution in [0.1, 0.15) is 12.0 Å². The molecule has 2 N–H and O–H groups in total. The summed E-state index contributed by atoms with van der Waals surface area (Å²) in [5.74, 6) is 0.864. The molecule has 1 aromatic rings. The van der Waals surface area contributed by atoms with Crippen LogP contribution in [-0.2, 0) is 11.2 Å². The lowest BCUT2D eigenvalue weighted by atomic mass is 10.1. The van der Waals surface area contributed by atoms with Crippen LogP contribution in [0, 0.1) is 0 Å². The predicted octanol–water partition coefficient (Wildman–Crippen LogP) is 1.81. The first-order valence-electron chi connectivity index (χ1n) is 5.86. The second-order valence-corrected chi connectivity index (χ2v) is 5.09. The molecule has 0 fully saturated rings. The highest BCUT2D eigenvalue weighted by molar-refractivity contribution is 9.10. The van der Waals surface area contributed by atoms with Crippen molar-refractivity contribution in [2.75, 3.05) is 27.2 Å². The maximum absolute atomic E-state index is 11.4. The van der Waals surface area contributed by atoms with E-state index in [1.165, 1.54) is 0 Å². The number of amides is 1. The van der Waals surface area contributed by atoms with Crippen LogP contribution >= 0.6 is 15.9 Å². The van der Waals surface area contributed by atoms with Crippen LogP contribution in [0.15, 0.2) is 22.7 Å². The van der Waals surface area contributed by atoms with Crippen molar-refractivity contribution in [3.8, 4) is 5.75 Å². The van der Waals surface area contributed by atoms with Crippen molar-refractivity contribution in [3.05, 3.63) is 28.2 Å². The normalized spacial score (nSPS) is 10.2. The third-order valence-corrected chi connectivity index (χ3v) is 3.00. The first kappa shape index (κ1) is 15.0. The third-order valence-electron chi connectivity index (χ3n) is 2.51. The summed E-state index contributed by atoms with van der Waals surface area (Å²) in [7, 11) is 3.48. The molecule has 1 amide bonds. The van der Waals surface area contributed by atoms with E-state index < -0.39 is 0 Å². The van der Waals surface area contributed by atoms with E-state index in [0.717, 1.165) is 22.2 Å². The van der Waals surface area contributed by atoms with Crippen LogP contribution in [0.3, 0.4) is 0 Å². The van der Waals surface area contributed by atoms with E-state index in [0.29, 0.717) is 19.6 Å². The lowest BCUT2D eigenvalue weighted by molar-refractivity contribution is -0.129. The Kier molecular flexibility index (Phi) is 6.15. The molecule has 0 saturated carbocycles. The molecule has 1 aromatic carbocycles. The van der Waals surface area contributed by atoms with Gasteiger partial charge in [-0.25, -0.2) is 0 Å². The van der Waals surface area contributed by atoms with E-state index in [2.05, 4.69) is 15.9 Å². The van der Waals surface area contributed by atoms with Gasteiger partial charge in [0.2, 0.25) is 5.91 Å². The van der Waals surface area contributed by atoms with E-state index in [-0.39, 0.29) is 5.91 Å². The summed E-state index contributed by atoms with van der Waals surface area (Å²) >= 11 is 3.42. The maximum Gasteiger partial charge on any atom is 0.225 e. The molecule has 0 aliphatic rings. The number of ether oxygens (including phenoxy) is 1. The molecule has 100 valence electrons. The predicted molar refractivity (Wildman–Crippen MR) is 75.7 cm³/mol. The van der Waals surface area contributed by atoms with Gasteiger partial charge in [-0.15, -0.1) is 0 Å². The van der Waals surface area contributed by atoms with Crippen molar-refractivity contribution in [2.24, 2.45) is 5.73 Å². The Bertz CT molecular complexity index is 408. The van der Waals surface area contributed by atoms with Gasteiger partial charge in [-0.05, 0) is 36.7 Å². The van der Waals surface area contributed by atoms with E-state index in [4.69, 9.17) is 10.5 Å². The molecule has 0 aromatic heterocycles. The van der Waals surface area contributed by atoms with Crippen molar-refractivity contribution in [1.29, 1.82) is 0 Å². The van der Waals surface area contributed by atoms with Crippen molar-refractivity contribution < 1.29 is 9.53 Å². The lowest BCUT2D eigenvalue weighted by Gasteiger charge is -2.13. The number of rotatable bonds is 6. The summed E-state index contributed by atoms with van der Waals surface area (Å²) in [6.45, 7) is 0.958. The number of benzene rings is 1. The maximum atomic E-state index is 11.4. The molecular weight excluding hydrogens is 296 g/mol. The summed E-state index contributed by atoms with van der Waals surface area (Å²) in [5.41, 5.74) is 6.62. The zero-order valence-corrected chi connectivity index (χ0v) is 12.4. The largest absolute Gasteiger partial charge is 0.493 e. The number of nitrogens with zero attached hydrogens (tertiary/aromatic N) is 1. The summed E-state index contributed by atoms with van der Waals surface area (Å²) in [4.78, 5) is 13.0. The van der Waals surface area contributed by atoms with Gasteiger partial charge in [0.1, 0.15) is 5.75 Å². The molecule has 0 atom stereocenters. The number of hydrogen-bond acceptors (Lipinski definition) is 3. The highest BCUT2D eigenvalue weighted by atomic mass is 79.9. The van der Waals surface area contributed by atoms with Gasteiger partial charge in [-0.3, -0.25) is 4.79 Å². The van der Waals surface area contributed by atoms with Crippen molar-refractivity contribution in [1.82, 2.24) is 4.90 Å². The van der Waals surface area contributed by atoms with Gasteiger partial charge in [0.25, 0.3) is 0 Å². The summed E-state index contributed by atoms with van der Waals surface area (Å²) in [5, 5.41) is 0. The first-order valence-corrected chi connectivity index (χ1v) is 6.65. The molecule has 5 heteroatoms. The zero-order valence-electron chi connectivity index (χ0n) is 10.8. The molecule has 4 nitrogen and oxygen atoms in total. The second-order valence-electron chi connectivity index (χ2n) is 4.18. The van der Waals surface area contributed by atoms with Gasteiger partial charge in [-0.1, -0.05) is 15.9 Å². The van der Waals surface area contributed by atoms with Gasteiger partial charge < -0.3 is 15.4 Å². The Morgan fingerprint density at radius 2 is 2.17 bits per heavy atom. The molecule has 1 rings (SSSR count). The van der Waals surface area contributed by atoms with E-state index in [9.17, 15) is 4.79 Å². The Hall–Kier alpha value is -1.07. The molecule has 0 saturated heterocycles. The van der Waals surface area contributed by atoms with Crippen LogP contribution in [-0.4, -0.2) is 38.1 Å². The molecule has 0 radical (unpaired) electrons. The highest BCUT2D eigenvalue weighted by Gasteiger charge is 2.07. The molecule has 18 heavy (non-hydrogen) atoms.